The molecule has 0 saturated heterocycles. The first kappa shape index (κ1) is 14.3. The predicted octanol–water partition coefficient (Wildman–Crippen LogP) is 3.70. The number of carbonyl (C=O) groups is 1. The highest BCUT2D eigenvalue weighted by Gasteiger charge is 2.21. The summed E-state index contributed by atoms with van der Waals surface area (Å²) >= 11 is 1.38. The summed E-state index contributed by atoms with van der Waals surface area (Å²) in [6, 6.07) is 16.0. The molecule has 1 aromatic carbocycles. The number of carbonyl (C=O) groups excluding carboxylic acids is 1. The van der Waals surface area contributed by atoms with Gasteiger partial charge in [-0.15, -0.1) is 11.3 Å². The molecule has 0 unspecified atom stereocenters. The molecule has 0 saturated carbocycles. The Morgan fingerprint density at radius 2 is 1.91 bits per heavy atom. The first-order valence-corrected chi connectivity index (χ1v) is 7.67. The first-order chi connectivity index (χ1) is 10.8. The fourth-order valence-corrected chi connectivity index (χ4v) is 2.82. The fraction of sp³-hybridized carbons (Fsp3) is 0.0588. The minimum atomic E-state index is -0.151. The maximum atomic E-state index is 12.8. The molecule has 0 aliphatic carbocycles. The summed E-state index contributed by atoms with van der Waals surface area (Å²) in [6.45, 7) is 0.301. The van der Waals surface area contributed by atoms with E-state index in [2.05, 4.69) is 4.98 Å². The van der Waals surface area contributed by atoms with Crippen molar-refractivity contribution in [2.45, 2.75) is 6.54 Å². The van der Waals surface area contributed by atoms with Crippen molar-refractivity contribution in [1.29, 1.82) is 0 Å². The van der Waals surface area contributed by atoms with Gasteiger partial charge in [0, 0.05) is 6.20 Å². The lowest BCUT2D eigenvalue weighted by Gasteiger charge is -2.22. The van der Waals surface area contributed by atoms with Crippen LogP contribution in [0.15, 0.2) is 66.2 Å². The number of aromatic hydroxyl groups is 1. The zero-order chi connectivity index (χ0) is 15.4. The number of rotatable bonds is 4. The highest BCUT2D eigenvalue weighted by atomic mass is 32.1. The summed E-state index contributed by atoms with van der Waals surface area (Å²) in [5, 5.41) is 12.0. The number of benzene rings is 1. The summed E-state index contributed by atoms with van der Waals surface area (Å²) in [5.74, 6) is -0.0782. The van der Waals surface area contributed by atoms with Gasteiger partial charge < -0.3 is 5.11 Å². The van der Waals surface area contributed by atoms with Crippen LogP contribution in [0.4, 0.5) is 5.69 Å². The highest BCUT2D eigenvalue weighted by Crippen LogP contribution is 2.29. The van der Waals surface area contributed by atoms with Crippen molar-refractivity contribution in [3.05, 3.63) is 76.7 Å². The Labute approximate surface area is 132 Å². The van der Waals surface area contributed by atoms with Crippen LogP contribution in [-0.2, 0) is 6.54 Å². The largest absolute Gasteiger partial charge is 0.506 e. The summed E-state index contributed by atoms with van der Waals surface area (Å²) in [7, 11) is 0. The third-order valence-electron chi connectivity index (χ3n) is 3.20. The molecule has 5 heteroatoms. The molecule has 2 aromatic heterocycles. The van der Waals surface area contributed by atoms with E-state index in [1.165, 1.54) is 11.3 Å². The van der Waals surface area contributed by atoms with Crippen molar-refractivity contribution < 1.29 is 9.90 Å². The number of pyridine rings is 1. The van der Waals surface area contributed by atoms with Crippen LogP contribution in [0, 0.1) is 0 Å². The number of nitrogens with zero attached hydrogens (tertiary/aromatic N) is 2. The molecule has 0 aliphatic heterocycles. The molecular formula is C17H14N2O2S. The molecule has 1 N–H and O–H groups in total. The van der Waals surface area contributed by atoms with Crippen molar-refractivity contribution >= 4 is 22.9 Å². The van der Waals surface area contributed by atoms with Gasteiger partial charge in [-0.3, -0.25) is 14.7 Å². The summed E-state index contributed by atoms with van der Waals surface area (Å²) in [5.41, 5.74) is 1.24. The molecule has 0 radical (unpaired) electrons. The second-order valence-corrected chi connectivity index (χ2v) is 5.63. The van der Waals surface area contributed by atoms with Crippen molar-refractivity contribution in [2.75, 3.05) is 4.90 Å². The number of amides is 1. The number of thiophene rings is 1. The Kier molecular flexibility index (Phi) is 4.16. The van der Waals surface area contributed by atoms with Gasteiger partial charge in [-0.25, -0.2) is 0 Å². The number of anilines is 1. The van der Waals surface area contributed by atoms with Gasteiger partial charge in [-0.05, 0) is 35.7 Å². The van der Waals surface area contributed by atoms with Gasteiger partial charge in [-0.1, -0.05) is 24.3 Å². The molecule has 0 fully saturated rings. The zero-order valence-electron chi connectivity index (χ0n) is 11.7. The Hall–Kier alpha value is -2.66. The Balaban J connectivity index is 1.99. The molecule has 1 amide bonds. The maximum Gasteiger partial charge on any atom is 0.268 e. The van der Waals surface area contributed by atoms with Gasteiger partial charge in [0.25, 0.3) is 5.91 Å². The van der Waals surface area contributed by atoms with E-state index in [4.69, 9.17) is 0 Å². The zero-order valence-corrected chi connectivity index (χ0v) is 12.5. The SMILES string of the molecule is O=C(c1cccs1)N(Cc1ccccn1)c1ccccc1O. The van der Waals surface area contributed by atoms with Crippen LogP contribution < -0.4 is 4.90 Å². The van der Waals surface area contributed by atoms with Crippen molar-refractivity contribution in [1.82, 2.24) is 4.98 Å². The second kappa shape index (κ2) is 6.41. The van der Waals surface area contributed by atoms with Crippen LogP contribution >= 0.6 is 11.3 Å². The highest BCUT2D eigenvalue weighted by molar-refractivity contribution is 7.12. The van der Waals surface area contributed by atoms with E-state index in [0.717, 1.165) is 5.69 Å². The molecular weight excluding hydrogens is 296 g/mol. The van der Waals surface area contributed by atoms with E-state index in [1.54, 1.807) is 41.4 Å². The molecule has 0 spiro atoms. The minimum Gasteiger partial charge on any atom is -0.506 e. The average Bonchev–Trinajstić information content (AvgIpc) is 3.08. The Bertz CT molecular complexity index is 757. The third kappa shape index (κ3) is 2.99. The standard InChI is InChI=1S/C17H14N2O2S/c20-15-8-2-1-7-14(15)19(12-13-6-3-4-10-18-13)17(21)16-9-5-11-22-16/h1-11,20H,12H2. The van der Waals surface area contributed by atoms with Crippen LogP contribution in [0.3, 0.4) is 0 Å². The fourth-order valence-electron chi connectivity index (χ4n) is 2.15. The summed E-state index contributed by atoms with van der Waals surface area (Å²) in [6.07, 6.45) is 1.69. The number of para-hydroxylation sites is 2. The van der Waals surface area contributed by atoms with Gasteiger partial charge >= 0.3 is 0 Å². The van der Waals surface area contributed by atoms with Crippen LogP contribution in [0.5, 0.6) is 5.75 Å². The van der Waals surface area contributed by atoms with Gasteiger partial charge in [-0.2, -0.15) is 0 Å². The minimum absolute atomic E-state index is 0.0725. The van der Waals surface area contributed by atoms with Gasteiger partial charge in [0.05, 0.1) is 22.8 Å². The summed E-state index contributed by atoms with van der Waals surface area (Å²) < 4.78 is 0. The average molecular weight is 310 g/mol. The molecule has 0 bridgehead atoms. The van der Waals surface area contributed by atoms with Gasteiger partial charge in [0.15, 0.2) is 0 Å². The molecule has 4 nitrogen and oxygen atoms in total. The van der Waals surface area contributed by atoms with Crippen molar-refractivity contribution in [3.8, 4) is 5.75 Å². The van der Waals surface area contributed by atoms with E-state index >= 15 is 0 Å². The molecule has 0 aliphatic rings. The molecule has 110 valence electrons. The van der Waals surface area contributed by atoms with E-state index in [9.17, 15) is 9.90 Å². The van der Waals surface area contributed by atoms with Crippen molar-refractivity contribution in [3.63, 3.8) is 0 Å². The number of hydrogen-bond acceptors (Lipinski definition) is 4. The monoisotopic (exact) mass is 310 g/mol. The smallest absolute Gasteiger partial charge is 0.268 e. The quantitative estimate of drug-likeness (QED) is 0.799. The number of phenolic OH excluding ortho intramolecular Hbond substituents is 1. The lowest BCUT2D eigenvalue weighted by molar-refractivity contribution is 0.0988. The van der Waals surface area contributed by atoms with Crippen LogP contribution in [0.25, 0.3) is 0 Å². The molecule has 22 heavy (non-hydrogen) atoms. The lowest BCUT2D eigenvalue weighted by Crippen LogP contribution is -2.30. The Morgan fingerprint density at radius 1 is 1.09 bits per heavy atom. The van der Waals surface area contributed by atoms with Crippen molar-refractivity contribution in [2.24, 2.45) is 0 Å². The molecule has 2 heterocycles. The van der Waals surface area contributed by atoms with Gasteiger partial charge in [0.1, 0.15) is 5.75 Å². The van der Waals surface area contributed by atoms with Crippen LogP contribution in [0.1, 0.15) is 15.4 Å². The van der Waals surface area contributed by atoms with Crippen LogP contribution in [0.2, 0.25) is 0 Å². The Morgan fingerprint density at radius 3 is 2.59 bits per heavy atom. The first-order valence-electron chi connectivity index (χ1n) is 6.79. The number of hydrogen-bond donors (Lipinski definition) is 1. The topological polar surface area (TPSA) is 53.4 Å². The number of aromatic nitrogens is 1. The second-order valence-electron chi connectivity index (χ2n) is 4.68. The van der Waals surface area contributed by atoms with E-state index in [0.29, 0.717) is 17.1 Å². The van der Waals surface area contributed by atoms with E-state index in [-0.39, 0.29) is 11.7 Å². The molecule has 0 atom stereocenters. The molecule has 3 aromatic rings. The molecule has 3 rings (SSSR count). The van der Waals surface area contributed by atoms with E-state index in [1.807, 2.05) is 29.6 Å². The van der Waals surface area contributed by atoms with E-state index < -0.39 is 0 Å². The van der Waals surface area contributed by atoms with Crippen LogP contribution in [-0.4, -0.2) is 16.0 Å². The number of phenols is 1. The lowest BCUT2D eigenvalue weighted by atomic mass is 10.2. The normalized spacial score (nSPS) is 10.4. The third-order valence-corrected chi connectivity index (χ3v) is 4.05. The van der Waals surface area contributed by atoms with Gasteiger partial charge in [0.2, 0.25) is 0 Å². The summed E-state index contributed by atoms with van der Waals surface area (Å²) in [4.78, 5) is 19.2. The predicted molar refractivity (Wildman–Crippen MR) is 87.2 cm³/mol. The maximum absolute atomic E-state index is 12.8.